The Bertz CT molecular complexity index is 1460. The highest BCUT2D eigenvalue weighted by molar-refractivity contribution is 6.09. The number of nitrogens with zero attached hydrogens (tertiary/aromatic N) is 4. The maximum Gasteiger partial charge on any atom is 0.264 e. The molecule has 0 unspecified atom stereocenters. The molecule has 4 atom stereocenters. The number of likely N-dealkylation sites (tertiary alicyclic amines) is 1. The third-order valence-corrected chi connectivity index (χ3v) is 9.81. The van der Waals surface area contributed by atoms with Crippen LogP contribution in [0.15, 0.2) is 42.5 Å². The summed E-state index contributed by atoms with van der Waals surface area (Å²) in [6.45, 7) is 4.27. The summed E-state index contributed by atoms with van der Waals surface area (Å²) in [6.07, 6.45) is 3.01. The highest BCUT2D eigenvalue weighted by Gasteiger charge is 2.60. The van der Waals surface area contributed by atoms with Gasteiger partial charge in [0.15, 0.2) is 5.60 Å². The van der Waals surface area contributed by atoms with Crippen LogP contribution in [0.25, 0.3) is 0 Å². The van der Waals surface area contributed by atoms with Gasteiger partial charge in [-0.15, -0.1) is 0 Å². The zero-order valence-electron chi connectivity index (χ0n) is 23.8. The van der Waals surface area contributed by atoms with Gasteiger partial charge in [-0.3, -0.25) is 19.2 Å². The lowest BCUT2D eigenvalue weighted by Crippen LogP contribution is -2.45. The third kappa shape index (κ3) is 4.14. The summed E-state index contributed by atoms with van der Waals surface area (Å²) in [6, 6.07) is 13.3. The van der Waals surface area contributed by atoms with Gasteiger partial charge in [-0.1, -0.05) is 19.1 Å². The highest BCUT2D eigenvalue weighted by Crippen LogP contribution is 2.55. The van der Waals surface area contributed by atoms with Crippen LogP contribution in [0.5, 0.6) is 0 Å². The fourth-order valence-electron chi connectivity index (χ4n) is 7.32. The summed E-state index contributed by atoms with van der Waals surface area (Å²) < 4.78 is 6.68. The standard InChI is InChI=1S/C32H36N4O6/c1-20-15-25(17-30(40)33-12-2-3-24(33)19-37)42-32(20)26-16-23(35-14-11-29(35)39)8-9-27(26)36(31(32)41)18-21-4-6-22(7-5-21)34-13-10-28(34)38/h4-9,16,20,24-25,37H,2-3,10-15,17-19H2,1H3/t20-,24-,25-,32+/m0/s1. The number of amides is 4. The van der Waals surface area contributed by atoms with Gasteiger partial charge in [-0.25, -0.2) is 0 Å². The minimum absolute atomic E-state index is 0.0499. The van der Waals surface area contributed by atoms with Crippen LogP contribution in [0.4, 0.5) is 17.1 Å². The Morgan fingerprint density at radius 2 is 1.67 bits per heavy atom. The maximum absolute atomic E-state index is 14.4. The number of fused-ring (bicyclic) bond motifs is 2. The summed E-state index contributed by atoms with van der Waals surface area (Å²) >= 11 is 0. The van der Waals surface area contributed by atoms with Crippen molar-refractivity contribution in [2.45, 2.75) is 69.7 Å². The number of β-lactam (4-membered cyclic amide) rings is 2. The van der Waals surface area contributed by atoms with Crippen molar-refractivity contribution < 1.29 is 29.0 Å². The zero-order valence-corrected chi connectivity index (χ0v) is 23.8. The summed E-state index contributed by atoms with van der Waals surface area (Å²) in [4.78, 5) is 58.8. The predicted molar refractivity (Wildman–Crippen MR) is 155 cm³/mol. The van der Waals surface area contributed by atoms with E-state index in [0.29, 0.717) is 38.9 Å². The van der Waals surface area contributed by atoms with Crippen molar-refractivity contribution in [1.82, 2.24) is 4.90 Å². The Morgan fingerprint density at radius 3 is 2.31 bits per heavy atom. The van der Waals surface area contributed by atoms with Gasteiger partial charge < -0.3 is 29.4 Å². The molecule has 5 heterocycles. The number of carbonyl (C=O) groups is 4. The molecule has 5 aliphatic rings. The first kappa shape index (κ1) is 27.1. The smallest absolute Gasteiger partial charge is 0.264 e. The number of anilines is 3. The van der Waals surface area contributed by atoms with E-state index < -0.39 is 11.7 Å². The molecular weight excluding hydrogens is 536 g/mol. The second-order valence-corrected chi connectivity index (χ2v) is 12.2. The van der Waals surface area contributed by atoms with E-state index >= 15 is 0 Å². The first-order chi connectivity index (χ1) is 20.3. The Morgan fingerprint density at radius 1 is 0.976 bits per heavy atom. The number of rotatable bonds is 7. The third-order valence-electron chi connectivity index (χ3n) is 9.81. The normalized spacial score (nSPS) is 28.5. The molecule has 220 valence electrons. The molecule has 10 heteroatoms. The Kier molecular flexibility index (Phi) is 6.58. The molecule has 5 aliphatic heterocycles. The molecule has 2 aromatic rings. The molecule has 7 rings (SSSR count). The van der Waals surface area contributed by atoms with Crippen molar-refractivity contribution in [3.8, 4) is 0 Å². The quantitative estimate of drug-likeness (QED) is 0.511. The molecule has 0 radical (unpaired) electrons. The van der Waals surface area contributed by atoms with Gasteiger partial charge in [0, 0.05) is 55.3 Å². The Balaban J connectivity index is 1.18. The van der Waals surface area contributed by atoms with Crippen LogP contribution in [0.2, 0.25) is 0 Å². The van der Waals surface area contributed by atoms with E-state index in [1.807, 2.05) is 49.4 Å². The number of hydrogen-bond acceptors (Lipinski definition) is 6. The van der Waals surface area contributed by atoms with Crippen LogP contribution >= 0.6 is 0 Å². The van der Waals surface area contributed by atoms with Crippen molar-refractivity contribution in [2.75, 3.05) is 40.9 Å². The van der Waals surface area contributed by atoms with Crippen LogP contribution in [0, 0.1) is 5.92 Å². The monoisotopic (exact) mass is 572 g/mol. The minimum Gasteiger partial charge on any atom is -0.394 e. The van der Waals surface area contributed by atoms with Crippen LogP contribution < -0.4 is 14.7 Å². The molecule has 42 heavy (non-hydrogen) atoms. The lowest BCUT2D eigenvalue weighted by atomic mass is 9.82. The van der Waals surface area contributed by atoms with Gasteiger partial charge in [0.25, 0.3) is 5.91 Å². The minimum atomic E-state index is -1.25. The van der Waals surface area contributed by atoms with Crippen molar-refractivity contribution in [3.05, 3.63) is 53.6 Å². The number of benzene rings is 2. The summed E-state index contributed by atoms with van der Waals surface area (Å²) in [5.74, 6) is -0.242. The molecule has 0 aliphatic carbocycles. The van der Waals surface area contributed by atoms with Gasteiger partial charge in [-0.2, -0.15) is 0 Å². The van der Waals surface area contributed by atoms with Gasteiger partial charge in [-0.05, 0) is 55.2 Å². The number of carbonyl (C=O) groups excluding carboxylic acids is 4. The fourth-order valence-corrected chi connectivity index (χ4v) is 7.32. The molecule has 1 spiro atoms. The van der Waals surface area contributed by atoms with Crippen LogP contribution in [0.3, 0.4) is 0 Å². The molecule has 2 aromatic carbocycles. The maximum atomic E-state index is 14.4. The number of hydrogen-bond donors (Lipinski definition) is 1. The van der Waals surface area contributed by atoms with Crippen molar-refractivity contribution >= 4 is 40.7 Å². The summed E-state index contributed by atoms with van der Waals surface area (Å²) in [5.41, 5.74) is 2.76. The number of aliphatic hydroxyl groups is 1. The van der Waals surface area contributed by atoms with E-state index in [2.05, 4.69) is 0 Å². The first-order valence-electron chi connectivity index (χ1n) is 15.0. The van der Waals surface area contributed by atoms with E-state index in [1.165, 1.54) is 0 Å². The van der Waals surface area contributed by atoms with E-state index in [0.717, 1.165) is 47.6 Å². The molecule has 1 N–H and O–H groups in total. The fraction of sp³-hybridized carbons (Fsp3) is 0.500. The molecular formula is C32H36N4O6. The molecule has 0 saturated carbocycles. The van der Waals surface area contributed by atoms with E-state index in [9.17, 15) is 24.3 Å². The SMILES string of the molecule is C[C@H]1C[C@@H](CC(=O)N2CCC[C@H]2CO)O[C@]12C(=O)N(Cc1ccc(N3CCC3=O)cc1)c1ccc(N3CCC3=O)cc12. The van der Waals surface area contributed by atoms with Gasteiger partial charge in [0.2, 0.25) is 17.7 Å². The Hall–Kier alpha value is -3.76. The van der Waals surface area contributed by atoms with Crippen molar-refractivity contribution in [2.24, 2.45) is 5.92 Å². The molecule has 0 bridgehead atoms. The highest BCUT2D eigenvalue weighted by atomic mass is 16.5. The molecule has 4 saturated heterocycles. The van der Waals surface area contributed by atoms with E-state index in [1.54, 1.807) is 19.6 Å². The Labute approximate surface area is 244 Å². The lowest BCUT2D eigenvalue weighted by Gasteiger charge is -2.32. The number of ether oxygens (including phenoxy) is 1. The van der Waals surface area contributed by atoms with Gasteiger partial charge in [0.05, 0.1) is 37.4 Å². The number of aliphatic hydroxyl groups excluding tert-OH is 1. The van der Waals surface area contributed by atoms with Crippen molar-refractivity contribution in [3.63, 3.8) is 0 Å². The summed E-state index contributed by atoms with van der Waals surface area (Å²) in [7, 11) is 0. The molecule has 0 aromatic heterocycles. The van der Waals surface area contributed by atoms with Crippen LogP contribution in [-0.4, -0.2) is 72.0 Å². The first-order valence-corrected chi connectivity index (χ1v) is 15.0. The van der Waals surface area contributed by atoms with Crippen molar-refractivity contribution in [1.29, 1.82) is 0 Å². The van der Waals surface area contributed by atoms with E-state index in [4.69, 9.17) is 4.74 Å². The molecule has 10 nitrogen and oxygen atoms in total. The van der Waals surface area contributed by atoms with Crippen LogP contribution in [0.1, 0.15) is 56.6 Å². The van der Waals surface area contributed by atoms with Gasteiger partial charge in [0.1, 0.15) is 0 Å². The second kappa shape index (κ2) is 10.2. The van der Waals surface area contributed by atoms with Crippen LogP contribution in [-0.2, 0) is 36.1 Å². The molecule has 4 amide bonds. The predicted octanol–water partition coefficient (Wildman–Crippen LogP) is 2.70. The lowest BCUT2D eigenvalue weighted by molar-refractivity contribution is -0.150. The van der Waals surface area contributed by atoms with Gasteiger partial charge >= 0.3 is 0 Å². The molecule has 4 fully saturated rings. The van der Waals surface area contributed by atoms with E-state index in [-0.39, 0.29) is 48.6 Å². The largest absolute Gasteiger partial charge is 0.394 e. The second-order valence-electron chi connectivity index (χ2n) is 12.2. The average Bonchev–Trinajstić information content (AvgIpc) is 3.64. The topological polar surface area (TPSA) is 111 Å². The zero-order chi connectivity index (χ0) is 29.2. The average molecular weight is 573 g/mol. The summed E-state index contributed by atoms with van der Waals surface area (Å²) in [5, 5.41) is 9.71.